The largest absolute Gasteiger partial charge is 1.00 e. The molecular formula is C4H5LiN2. The van der Waals surface area contributed by atoms with E-state index in [1.54, 1.807) is 0 Å². The molecule has 0 rings (SSSR count). The first-order chi connectivity index (χ1) is 2.91. The van der Waals surface area contributed by atoms with Gasteiger partial charge in [-0.15, -0.1) is 0 Å². The molecule has 0 radical (unpaired) electrons. The van der Waals surface area contributed by atoms with Gasteiger partial charge in [-0.2, -0.15) is 10.5 Å². The van der Waals surface area contributed by atoms with Crippen LogP contribution in [0.4, 0.5) is 0 Å². The molecule has 0 fully saturated rings. The third-order valence-corrected chi connectivity index (χ3v) is 0.349. The summed E-state index contributed by atoms with van der Waals surface area (Å²) in [5, 5.41) is 15.6. The van der Waals surface area contributed by atoms with Crippen LogP contribution >= 0.6 is 0 Å². The minimum atomic E-state index is 0. The predicted molar refractivity (Wildman–Crippen MR) is 21.6 cm³/mol. The van der Waals surface area contributed by atoms with E-state index in [2.05, 4.69) is 0 Å². The summed E-state index contributed by atoms with van der Waals surface area (Å²) in [6.07, 6.45) is 0.715. The van der Waals surface area contributed by atoms with Gasteiger partial charge in [0.15, 0.2) is 0 Å². The van der Waals surface area contributed by atoms with E-state index in [1.807, 2.05) is 12.1 Å². The summed E-state index contributed by atoms with van der Waals surface area (Å²) in [4.78, 5) is 0. The Bertz CT molecular complexity index is 87.6. The van der Waals surface area contributed by atoms with Gasteiger partial charge in [0.05, 0.1) is 12.1 Å². The van der Waals surface area contributed by atoms with E-state index in [9.17, 15) is 0 Å². The third kappa shape index (κ3) is 10.7. The molecule has 0 aliphatic heterocycles. The van der Waals surface area contributed by atoms with Gasteiger partial charge in [0, 0.05) is 12.8 Å². The Morgan fingerprint density at radius 1 is 1.14 bits per heavy atom. The first kappa shape index (κ1) is 9.77. The van der Waals surface area contributed by atoms with E-state index in [0.717, 1.165) is 0 Å². The Morgan fingerprint density at radius 3 is 1.57 bits per heavy atom. The van der Waals surface area contributed by atoms with Crippen molar-refractivity contribution in [1.82, 2.24) is 0 Å². The molecule has 32 valence electrons. The van der Waals surface area contributed by atoms with Gasteiger partial charge in [-0.3, -0.25) is 0 Å². The van der Waals surface area contributed by atoms with Crippen molar-refractivity contribution in [2.24, 2.45) is 0 Å². The van der Waals surface area contributed by atoms with Gasteiger partial charge in [0.1, 0.15) is 0 Å². The second-order valence-electron chi connectivity index (χ2n) is 0.816. The van der Waals surface area contributed by atoms with Gasteiger partial charge in [-0.1, -0.05) is 0 Å². The van der Waals surface area contributed by atoms with E-state index in [-0.39, 0.29) is 20.3 Å². The van der Waals surface area contributed by atoms with Crippen molar-refractivity contribution in [2.75, 3.05) is 0 Å². The van der Waals surface area contributed by atoms with Crippen LogP contribution < -0.4 is 18.9 Å². The van der Waals surface area contributed by atoms with Crippen LogP contribution in [0.25, 0.3) is 0 Å². The first-order valence-electron chi connectivity index (χ1n) is 1.65. The maximum atomic E-state index is 7.80. The van der Waals surface area contributed by atoms with Crippen LogP contribution in [-0.4, -0.2) is 0 Å². The fourth-order valence-electron chi connectivity index (χ4n) is 0.112. The molecule has 2 nitrogen and oxygen atoms in total. The van der Waals surface area contributed by atoms with Crippen LogP contribution in [0.3, 0.4) is 0 Å². The second kappa shape index (κ2) is 9.13. The summed E-state index contributed by atoms with van der Waals surface area (Å²) in [5.74, 6) is 0. The van der Waals surface area contributed by atoms with E-state index >= 15 is 0 Å². The smallest absolute Gasteiger partial charge is 1.00 e. The third-order valence-electron chi connectivity index (χ3n) is 0.349. The number of nitriles is 2. The van der Waals surface area contributed by atoms with Crippen molar-refractivity contribution in [3.05, 3.63) is 0 Å². The topological polar surface area (TPSA) is 47.6 Å². The molecular weight excluding hydrogens is 83.0 g/mol. The van der Waals surface area contributed by atoms with Gasteiger partial charge < -0.3 is 1.43 Å². The summed E-state index contributed by atoms with van der Waals surface area (Å²) in [6.45, 7) is 0. The molecule has 7 heavy (non-hydrogen) atoms. The summed E-state index contributed by atoms with van der Waals surface area (Å²) >= 11 is 0. The summed E-state index contributed by atoms with van der Waals surface area (Å²) in [7, 11) is 0. The summed E-state index contributed by atoms with van der Waals surface area (Å²) in [5.41, 5.74) is 0. The van der Waals surface area contributed by atoms with Crippen LogP contribution in [0.1, 0.15) is 14.3 Å². The zero-order chi connectivity index (χ0) is 4.83. The zero-order valence-electron chi connectivity index (χ0n) is 5.31. The molecule has 0 atom stereocenters. The van der Waals surface area contributed by atoms with Crippen molar-refractivity contribution in [2.45, 2.75) is 12.8 Å². The molecule has 0 aromatic carbocycles. The summed E-state index contributed by atoms with van der Waals surface area (Å²) < 4.78 is 0. The number of unbranched alkanes of at least 4 members (excludes halogenated alkanes) is 1. The molecule has 0 aliphatic carbocycles. The molecule has 0 heterocycles. The van der Waals surface area contributed by atoms with Crippen LogP contribution in [0.2, 0.25) is 0 Å². The zero-order valence-corrected chi connectivity index (χ0v) is 4.31. The second-order valence-corrected chi connectivity index (χ2v) is 0.816. The van der Waals surface area contributed by atoms with E-state index < -0.39 is 0 Å². The molecule has 0 amide bonds. The van der Waals surface area contributed by atoms with Crippen molar-refractivity contribution >= 4 is 0 Å². The minimum absolute atomic E-state index is 0. The Morgan fingerprint density at radius 2 is 1.43 bits per heavy atom. The van der Waals surface area contributed by atoms with Crippen molar-refractivity contribution in [3.63, 3.8) is 0 Å². The van der Waals surface area contributed by atoms with Gasteiger partial charge in [-0.25, -0.2) is 0 Å². The number of hydrogen-bond acceptors (Lipinski definition) is 2. The van der Waals surface area contributed by atoms with Crippen LogP contribution in [-0.2, 0) is 0 Å². The maximum absolute atomic E-state index is 7.80. The molecule has 0 N–H and O–H groups in total. The van der Waals surface area contributed by atoms with Crippen LogP contribution in [0.5, 0.6) is 0 Å². The van der Waals surface area contributed by atoms with Gasteiger partial charge >= 0.3 is 18.9 Å². The Balaban J connectivity index is -0.000000125. The molecule has 0 spiro atoms. The average molecular weight is 88.0 g/mol. The minimum Gasteiger partial charge on any atom is -1.00 e. The van der Waals surface area contributed by atoms with Crippen LogP contribution in [0.15, 0.2) is 0 Å². The Labute approximate surface area is 56.4 Å². The predicted octanol–water partition coefficient (Wildman–Crippen LogP) is -2.07. The van der Waals surface area contributed by atoms with Gasteiger partial charge in [-0.05, 0) is 0 Å². The molecule has 0 unspecified atom stereocenters. The number of rotatable bonds is 1. The SMILES string of the molecule is N#CCCC#N.[H-].[Li+]. The fourth-order valence-corrected chi connectivity index (χ4v) is 0.112. The van der Waals surface area contributed by atoms with E-state index in [4.69, 9.17) is 10.5 Å². The van der Waals surface area contributed by atoms with Crippen molar-refractivity contribution in [3.8, 4) is 12.1 Å². The first-order valence-corrected chi connectivity index (χ1v) is 1.65. The Hall–Kier alpha value is -0.423. The summed E-state index contributed by atoms with van der Waals surface area (Å²) in [6, 6.07) is 3.69. The molecule has 0 saturated heterocycles. The normalized spacial score (nSPS) is 4.86. The monoisotopic (exact) mass is 88.1 g/mol. The standard InChI is InChI=1S/C4H4N2.Li.H/c5-3-1-2-4-6;;/h1-2H2;;/q;+1;-1. The fraction of sp³-hybridized carbons (Fsp3) is 0.500. The molecule has 0 aromatic rings. The molecule has 0 saturated carbocycles. The Kier molecular flexibility index (Phi) is 12.7. The van der Waals surface area contributed by atoms with Gasteiger partial charge in [0.2, 0.25) is 0 Å². The molecule has 3 heteroatoms. The average Bonchev–Trinajstić information content (AvgIpc) is 1.61. The van der Waals surface area contributed by atoms with Crippen molar-refractivity contribution in [1.29, 1.82) is 10.5 Å². The maximum Gasteiger partial charge on any atom is 1.00 e. The van der Waals surface area contributed by atoms with E-state index in [1.165, 1.54) is 0 Å². The quantitative estimate of drug-likeness (QED) is 0.273. The van der Waals surface area contributed by atoms with E-state index in [0.29, 0.717) is 12.8 Å². The van der Waals surface area contributed by atoms with Gasteiger partial charge in [0.25, 0.3) is 0 Å². The number of nitrogens with zero attached hydrogens (tertiary/aromatic N) is 2. The number of hydrogen-bond donors (Lipinski definition) is 0. The van der Waals surface area contributed by atoms with Crippen LogP contribution in [0, 0.1) is 22.7 Å². The molecule has 0 aromatic heterocycles. The molecule has 0 aliphatic rings. The van der Waals surface area contributed by atoms with Crippen molar-refractivity contribution < 1.29 is 20.3 Å². The molecule has 0 bridgehead atoms.